The monoisotopic (exact) mass is 167 g/mol. The predicted octanol–water partition coefficient (Wildman–Crippen LogP) is 1.13. The van der Waals surface area contributed by atoms with Crippen LogP contribution in [0, 0.1) is 6.92 Å². The lowest BCUT2D eigenvalue weighted by molar-refractivity contribution is 0.396. The van der Waals surface area contributed by atoms with Gasteiger partial charge in [-0.05, 0) is 19.5 Å². The Morgan fingerprint density at radius 1 is 1.25 bits per heavy atom. The van der Waals surface area contributed by atoms with Crippen LogP contribution in [0.25, 0.3) is 0 Å². The summed E-state index contributed by atoms with van der Waals surface area (Å²) in [6.45, 7) is 2.30. The van der Waals surface area contributed by atoms with Gasteiger partial charge in [-0.3, -0.25) is 0 Å². The summed E-state index contributed by atoms with van der Waals surface area (Å²) in [7, 11) is 1.79. The topological polar surface area (TPSA) is 52.5 Å². The highest BCUT2D eigenvalue weighted by atomic mass is 16.3. The number of nitrogens with one attached hydrogen (secondary N) is 1. The lowest BCUT2D eigenvalue weighted by atomic mass is 10.1. The minimum absolute atomic E-state index is 0.0237. The number of hydrogen-bond donors (Lipinski definition) is 3. The number of aryl methyl sites for hydroxylation is 1. The molecule has 3 heteroatoms. The average molecular weight is 167 g/mol. The van der Waals surface area contributed by atoms with Gasteiger partial charge < -0.3 is 15.5 Å². The molecule has 0 aliphatic carbocycles. The average Bonchev–Trinajstić information content (AvgIpc) is 2.07. The second-order valence-corrected chi connectivity index (χ2v) is 2.77. The van der Waals surface area contributed by atoms with Crippen LogP contribution in [-0.4, -0.2) is 17.3 Å². The summed E-state index contributed by atoms with van der Waals surface area (Å²) in [5.41, 5.74) is 1.40. The maximum atomic E-state index is 9.42. The SMILES string of the molecule is CNCc1ccc(C)c(O)c1O. The Morgan fingerprint density at radius 3 is 2.50 bits per heavy atom. The molecule has 1 rings (SSSR count). The smallest absolute Gasteiger partial charge is 0.162 e. The summed E-state index contributed by atoms with van der Waals surface area (Å²) in [4.78, 5) is 0. The van der Waals surface area contributed by atoms with Crippen molar-refractivity contribution in [1.29, 1.82) is 0 Å². The van der Waals surface area contributed by atoms with E-state index < -0.39 is 0 Å². The quantitative estimate of drug-likeness (QED) is 0.579. The van der Waals surface area contributed by atoms with Crippen molar-refractivity contribution < 1.29 is 10.2 Å². The van der Waals surface area contributed by atoms with E-state index in [0.29, 0.717) is 17.7 Å². The molecule has 0 atom stereocenters. The van der Waals surface area contributed by atoms with E-state index in [0.717, 1.165) is 0 Å². The summed E-state index contributed by atoms with van der Waals surface area (Å²) >= 11 is 0. The molecule has 0 radical (unpaired) electrons. The molecule has 0 aliphatic heterocycles. The molecule has 3 nitrogen and oxygen atoms in total. The van der Waals surface area contributed by atoms with E-state index in [1.807, 2.05) is 0 Å². The van der Waals surface area contributed by atoms with Crippen LogP contribution in [0.2, 0.25) is 0 Å². The Kier molecular flexibility index (Phi) is 2.55. The zero-order chi connectivity index (χ0) is 9.14. The molecule has 0 spiro atoms. The summed E-state index contributed by atoms with van der Waals surface area (Å²) in [6, 6.07) is 3.57. The molecular weight excluding hydrogens is 154 g/mol. The van der Waals surface area contributed by atoms with Gasteiger partial charge in [-0.25, -0.2) is 0 Å². The van der Waals surface area contributed by atoms with Crippen LogP contribution in [-0.2, 0) is 6.54 Å². The van der Waals surface area contributed by atoms with Gasteiger partial charge in [0.1, 0.15) is 0 Å². The number of benzene rings is 1. The first-order valence-electron chi connectivity index (χ1n) is 3.82. The number of phenols is 2. The highest BCUT2D eigenvalue weighted by molar-refractivity contribution is 5.49. The van der Waals surface area contributed by atoms with Crippen molar-refractivity contribution in [2.45, 2.75) is 13.5 Å². The van der Waals surface area contributed by atoms with Crippen molar-refractivity contribution >= 4 is 0 Å². The van der Waals surface area contributed by atoms with E-state index in [4.69, 9.17) is 0 Å². The van der Waals surface area contributed by atoms with Crippen LogP contribution >= 0.6 is 0 Å². The fraction of sp³-hybridized carbons (Fsp3) is 0.333. The first kappa shape index (κ1) is 8.87. The number of aromatic hydroxyl groups is 2. The third-order valence-corrected chi connectivity index (χ3v) is 1.80. The third kappa shape index (κ3) is 1.51. The molecule has 0 saturated carbocycles. The molecule has 0 bridgehead atoms. The molecule has 0 heterocycles. The Morgan fingerprint density at radius 2 is 1.92 bits per heavy atom. The van der Waals surface area contributed by atoms with E-state index in [1.165, 1.54) is 0 Å². The highest BCUT2D eigenvalue weighted by Gasteiger charge is 2.07. The van der Waals surface area contributed by atoms with Crippen LogP contribution < -0.4 is 5.32 Å². The van der Waals surface area contributed by atoms with Crippen molar-refractivity contribution in [3.63, 3.8) is 0 Å². The van der Waals surface area contributed by atoms with Gasteiger partial charge in [0, 0.05) is 12.1 Å². The number of hydrogen-bond acceptors (Lipinski definition) is 3. The van der Waals surface area contributed by atoms with Gasteiger partial charge in [0.2, 0.25) is 0 Å². The van der Waals surface area contributed by atoms with Crippen LogP contribution in [0.3, 0.4) is 0 Å². The maximum absolute atomic E-state index is 9.42. The summed E-state index contributed by atoms with van der Waals surface area (Å²) < 4.78 is 0. The van der Waals surface area contributed by atoms with Gasteiger partial charge in [0.25, 0.3) is 0 Å². The van der Waals surface area contributed by atoms with Crippen molar-refractivity contribution in [3.05, 3.63) is 23.3 Å². The first-order chi connectivity index (χ1) is 5.66. The Balaban J connectivity index is 3.08. The zero-order valence-electron chi connectivity index (χ0n) is 7.26. The van der Waals surface area contributed by atoms with Crippen molar-refractivity contribution in [2.24, 2.45) is 0 Å². The van der Waals surface area contributed by atoms with E-state index in [2.05, 4.69) is 5.32 Å². The number of rotatable bonds is 2. The summed E-state index contributed by atoms with van der Waals surface area (Å²) in [6.07, 6.45) is 0. The van der Waals surface area contributed by atoms with Crippen molar-refractivity contribution in [2.75, 3.05) is 7.05 Å². The molecule has 66 valence electrons. The lowest BCUT2D eigenvalue weighted by Gasteiger charge is -2.07. The highest BCUT2D eigenvalue weighted by Crippen LogP contribution is 2.31. The van der Waals surface area contributed by atoms with E-state index in [9.17, 15) is 10.2 Å². The molecule has 0 aliphatic rings. The van der Waals surface area contributed by atoms with Crippen LogP contribution in [0.15, 0.2) is 12.1 Å². The molecule has 12 heavy (non-hydrogen) atoms. The molecule has 1 aromatic carbocycles. The molecule has 3 N–H and O–H groups in total. The molecule has 0 amide bonds. The zero-order valence-corrected chi connectivity index (χ0v) is 7.26. The Labute approximate surface area is 71.7 Å². The fourth-order valence-electron chi connectivity index (χ4n) is 1.06. The van der Waals surface area contributed by atoms with Gasteiger partial charge in [-0.2, -0.15) is 0 Å². The molecule has 0 unspecified atom stereocenters. The normalized spacial score (nSPS) is 10.2. The summed E-state index contributed by atoms with van der Waals surface area (Å²) in [5, 5.41) is 21.7. The van der Waals surface area contributed by atoms with E-state index in [1.54, 1.807) is 26.1 Å². The van der Waals surface area contributed by atoms with Gasteiger partial charge in [0.05, 0.1) is 0 Å². The predicted molar refractivity (Wildman–Crippen MR) is 47.3 cm³/mol. The molecule has 0 saturated heterocycles. The minimum Gasteiger partial charge on any atom is -0.504 e. The second-order valence-electron chi connectivity index (χ2n) is 2.77. The third-order valence-electron chi connectivity index (χ3n) is 1.80. The Bertz CT molecular complexity index is 284. The Hall–Kier alpha value is -1.22. The van der Waals surface area contributed by atoms with Gasteiger partial charge in [0.15, 0.2) is 11.5 Å². The van der Waals surface area contributed by atoms with Gasteiger partial charge in [-0.1, -0.05) is 12.1 Å². The number of phenolic OH excluding ortho intramolecular Hbond substituents is 2. The molecule has 0 aromatic heterocycles. The second kappa shape index (κ2) is 3.45. The van der Waals surface area contributed by atoms with Crippen molar-refractivity contribution in [3.8, 4) is 11.5 Å². The van der Waals surface area contributed by atoms with E-state index >= 15 is 0 Å². The first-order valence-corrected chi connectivity index (χ1v) is 3.82. The van der Waals surface area contributed by atoms with Crippen LogP contribution in [0.4, 0.5) is 0 Å². The van der Waals surface area contributed by atoms with Gasteiger partial charge in [-0.15, -0.1) is 0 Å². The van der Waals surface area contributed by atoms with Crippen molar-refractivity contribution in [1.82, 2.24) is 5.32 Å². The van der Waals surface area contributed by atoms with E-state index in [-0.39, 0.29) is 11.5 Å². The minimum atomic E-state index is -0.0252. The fourth-order valence-corrected chi connectivity index (χ4v) is 1.06. The van der Waals surface area contributed by atoms with Crippen LogP contribution in [0.5, 0.6) is 11.5 Å². The summed E-state index contributed by atoms with van der Waals surface area (Å²) in [5.74, 6) is -0.0490. The van der Waals surface area contributed by atoms with Crippen LogP contribution in [0.1, 0.15) is 11.1 Å². The lowest BCUT2D eigenvalue weighted by Crippen LogP contribution is -2.05. The molecule has 0 fully saturated rings. The maximum Gasteiger partial charge on any atom is 0.162 e. The standard InChI is InChI=1S/C9H13NO2/c1-6-3-4-7(5-10-2)9(12)8(6)11/h3-4,10-12H,5H2,1-2H3. The largest absolute Gasteiger partial charge is 0.504 e. The molecular formula is C9H13NO2. The molecule has 1 aromatic rings. The van der Waals surface area contributed by atoms with Gasteiger partial charge >= 0.3 is 0 Å².